The Balaban J connectivity index is 2.65. The summed E-state index contributed by atoms with van der Waals surface area (Å²) in [7, 11) is 0. The predicted octanol–water partition coefficient (Wildman–Crippen LogP) is 0.751. The van der Waals surface area contributed by atoms with Gasteiger partial charge in [0, 0.05) is 11.5 Å². The van der Waals surface area contributed by atoms with Gasteiger partial charge in [0.1, 0.15) is 0 Å². The summed E-state index contributed by atoms with van der Waals surface area (Å²) in [5, 5.41) is 3.40. The molecular formula is C4H6N4OS2. The number of nitrogens with two attached hydrogens (primary N) is 1. The van der Waals surface area contributed by atoms with Crippen molar-refractivity contribution >= 4 is 34.5 Å². The third-order valence-electron chi connectivity index (χ3n) is 0.820. The summed E-state index contributed by atoms with van der Waals surface area (Å²) in [4.78, 5) is 14.2. The fourth-order valence-corrected chi connectivity index (χ4v) is 1.58. The lowest BCUT2D eigenvalue weighted by Crippen LogP contribution is -2.18. The van der Waals surface area contributed by atoms with E-state index in [0.29, 0.717) is 10.3 Å². The smallest absolute Gasteiger partial charge is 0.318 e. The van der Waals surface area contributed by atoms with Crippen molar-refractivity contribution < 1.29 is 4.79 Å². The van der Waals surface area contributed by atoms with Crippen LogP contribution >= 0.6 is 23.3 Å². The van der Waals surface area contributed by atoms with Crippen molar-refractivity contribution in [1.29, 1.82) is 0 Å². The molecule has 1 aromatic heterocycles. The average Bonchev–Trinajstić information content (AvgIpc) is 2.34. The largest absolute Gasteiger partial charge is 0.351 e. The molecule has 0 atom stereocenters. The average molecular weight is 190 g/mol. The highest BCUT2D eigenvalue weighted by molar-refractivity contribution is 7.98. The molecule has 0 radical (unpaired) electrons. The van der Waals surface area contributed by atoms with E-state index in [9.17, 15) is 4.79 Å². The third-order valence-corrected chi connectivity index (χ3v) is 2.11. The number of nitrogens with zero attached hydrogens (tertiary/aromatic N) is 2. The molecule has 0 aromatic carbocycles. The number of amides is 2. The Morgan fingerprint density at radius 1 is 1.82 bits per heavy atom. The Kier molecular flexibility index (Phi) is 2.66. The maximum absolute atomic E-state index is 10.3. The van der Waals surface area contributed by atoms with E-state index in [1.807, 2.05) is 6.26 Å². The van der Waals surface area contributed by atoms with Gasteiger partial charge in [0.25, 0.3) is 0 Å². The molecule has 0 saturated heterocycles. The lowest BCUT2D eigenvalue weighted by Gasteiger charge is -1.90. The summed E-state index contributed by atoms with van der Waals surface area (Å²) in [6.07, 6.45) is 1.86. The molecule has 11 heavy (non-hydrogen) atoms. The quantitative estimate of drug-likeness (QED) is 0.674. The molecule has 60 valence electrons. The summed E-state index contributed by atoms with van der Waals surface area (Å²) in [5.74, 6) is 0. The van der Waals surface area contributed by atoms with Gasteiger partial charge in [-0.05, 0) is 6.26 Å². The number of primary amides is 1. The zero-order valence-electron chi connectivity index (χ0n) is 5.70. The molecule has 0 saturated carbocycles. The SMILES string of the molecule is CSc1nsc(NC(N)=O)n1. The van der Waals surface area contributed by atoms with Crippen LogP contribution in [0.1, 0.15) is 0 Å². The zero-order valence-corrected chi connectivity index (χ0v) is 7.33. The van der Waals surface area contributed by atoms with Crippen molar-refractivity contribution in [1.82, 2.24) is 9.36 Å². The van der Waals surface area contributed by atoms with Gasteiger partial charge in [-0.3, -0.25) is 5.32 Å². The lowest BCUT2D eigenvalue weighted by molar-refractivity contribution is 0.259. The maximum Gasteiger partial charge on any atom is 0.318 e. The Morgan fingerprint density at radius 2 is 2.55 bits per heavy atom. The number of carbonyl (C=O) groups excluding carboxylic acids is 1. The van der Waals surface area contributed by atoms with E-state index in [2.05, 4.69) is 14.7 Å². The molecule has 3 N–H and O–H groups in total. The van der Waals surface area contributed by atoms with Gasteiger partial charge in [0.2, 0.25) is 10.3 Å². The molecule has 5 nitrogen and oxygen atoms in total. The molecule has 0 spiro atoms. The Labute approximate surface area is 71.6 Å². The lowest BCUT2D eigenvalue weighted by atomic mass is 11.0. The number of hydrogen-bond acceptors (Lipinski definition) is 5. The van der Waals surface area contributed by atoms with E-state index in [1.165, 1.54) is 11.8 Å². The first-order valence-electron chi connectivity index (χ1n) is 2.66. The molecule has 0 aliphatic carbocycles. The van der Waals surface area contributed by atoms with Crippen molar-refractivity contribution in [2.45, 2.75) is 5.16 Å². The maximum atomic E-state index is 10.3. The highest BCUT2D eigenvalue weighted by atomic mass is 32.2. The Hall–Kier alpha value is -0.820. The van der Waals surface area contributed by atoms with Crippen LogP contribution in [-0.4, -0.2) is 21.6 Å². The Bertz CT molecular complexity index is 260. The molecular weight excluding hydrogens is 184 g/mol. The zero-order chi connectivity index (χ0) is 8.27. The van der Waals surface area contributed by atoms with Gasteiger partial charge in [0.15, 0.2) is 0 Å². The summed E-state index contributed by atoms with van der Waals surface area (Å²) in [6, 6.07) is -0.617. The van der Waals surface area contributed by atoms with Gasteiger partial charge in [-0.1, -0.05) is 11.8 Å². The van der Waals surface area contributed by atoms with E-state index in [-0.39, 0.29) is 0 Å². The second kappa shape index (κ2) is 3.54. The Morgan fingerprint density at radius 3 is 3.00 bits per heavy atom. The number of carbonyl (C=O) groups is 1. The molecule has 1 aromatic rings. The number of anilines is 1. The number of hydrogen-bond donors (Lipinski definition) is 2. The normalized spacial score (nSPS) is 9.55. The minimum Gasteiger partial charge on any atom is -0.351 e. The van der Waals surface area contributed by atoms with Gasteiger partial charge in [-0.2, -0.15) is 9.36 Å². The number of thioether (sulfide) groups is 1. The second-order valence-corrected chi connectivity index (χ2v) is 3.10. The van der Waals surface area contributed by atoms with E-state index >= 15 is 0 Å². The van der Waals surface area contributed by atoms with Crippen LogP contribution in [0.2, 0.25) is 0 Å². The molecule has 0 aliphatic heterocycles. The monoisotopic (exact) mass is 190 g/mol. The van der Waals surface area contributed by atoms with Gasteiger partial charge in [-0.15, -0.1) is 0 Å². The third kappa shape index (κ3) is 2.35. The number of nitrogens with one attached hydrogen (secondary N) is 1. The van der Waals surface area contributed by atoms with Gasteiger partial charge in [-0.25, -0.2) is 4.79 Å². The number of urea groups is 1. The molecule has 0 aliphatic rings. The van der Waals surface area contributed by atoms with Crippen molar-refractivity contribution in [3.8, 4) is 0 Å². The van der Waals surface area contributed by atoms with Gasteiger partial charge < -0.3 is 5.73 Å². The second-order valence-electron chi connectivity index (χ2n) is 1.58. The van der Waals surface area contributed by atoms with E-state index < -0.39 is 6.03 Å². The van der Waals surface area contributed by atoms with Crippen molar-refractivity contribution in [2.24, 2.45) is 5.73 Å². The van der Waals surface area contributed by atoms with Gasteiger partial charge >= 0.3 is 6.03 Å². The molecule has 1 rings (SSSR count). The van der Waals surface area contributed by atoms with Crippen molar-refractivity contribution in [3.63, 3.8) is 0 Å². The van der Waals surface area contributed by atoms with Crippen LogP contribution in [0.4, 0.5) is 9.93 Å². The van der Waals surface area contributed by atoms with Crippen LogP contribution in [0.25, 0.3) is 0 Å². The first kappa shape index (κ1) is 8.28. The van der Waals surface area contributed by atoms with Crippen molar-refractivity contribution in [3.05, 3.63) is 0 Å². The van der Waals surface area contributed by atoms with Crippen LogP contribution in [0.3, 0.4) is 0 Å². The minimum absolute atomic E-state index is 0.432. The van der Waals surface area contributed by atoms with Crippen LogP contribution in [0.5, 0.6) is 0 Å². The van der Waals surface area contributed by atoms with Crippen LogP contribution in [-0.2, 0) is 0 Å². The van der Waals surface area contributed by atoms with Crippen LogP contribution in [0, 0.1) is 0 Å². The molecule has 0 unspecified atom stereocenters. The molecule has 0 fully saturated rings. The summed E-state index contributed by atoms with van der Waals surface area (Å²) >= 11 is 2.52. The van der Waals surface area contributed by atoms with E-state index in [4.69, 9.17) is 5.73 Å². The highest BCUT2D eigenvalue weighted by Crippen LogP contribution is 2.16. The number of aromatic nitrogens is 2. The standard InChI is InChI=1S/C4H6N4OS2/c1-10-4-7-3(11-8-4)6-2(5)9/h1H3,(H3,5,6,7,8,9). The molecule has 1 heterocycles. The molecule has 0 bridgehead atoms. The first-order chi connectivity index (χ1) is 5.22. The van der Waals surface area contributed by atoms with Crippen molar-refractivity contribution in [2.75, 3.05) is 11.6 Å². The fourth-order valence-electron chi connectivity index (χ4n) is 0.449. The summed E-state index contributed by atoms with van der Waals surface area (Å²) in [5.41, 5.74) is 4.86. The topological polar surface area (TPSA) is 80.9 Å². The van der Waals surface area contributed by atoms with E-state index in [0.717, 1.165) is 11.5 Å². The highest BCUT2D eigenvalue weighted by Gasteiger charge is 2.02. The number of rotatable bonds is 2. The fraction of sp³-hybridized carbons (Fsp3) is 0.250. The predicted molar refractivity (Wildman–Crippen MR) is 44.9 cm³/mol. The van der Waals surface area contributed by atoms with Crippen LogP contribution in [0.15, 0.2) is 5.16 Å². The summed E-state index contributed by atoms with van der Waals surface area (Å²) < 4.78 is 3.91. The van der Waals surface area contributed by atoms with Crippen LogP contribution < -0.4 is 11.1 Å². The first-order valence-corrected chi connectivity index (χ1v) is 4.66. The van der Waals surface area contributed by atoms with Gasteiger partial charge in [0.05, 0.1) is 0 Å². The minimum atomic E-state index is -0.617. The van der Waals surface area contributed by atoms with E-state index in [1.54, 1.807) is 0 Å². The summed E-state index contributed by atoms with van der Waals surface area (Å²) in [6.45, 7) is 0. The molecule has 7 heteroatoms. The molecule has 2 amide bonds.